The van der Waals surface area contributed by atoms with Crippen LogP contribution >= 0.6 is 0 Å². The largest absolute Gasteiger partial charge is 0.508 e. The number of nitrogens with one attached hydrogen (secondary N) is 1. The van der Waals surface area contributed by atoms with Crippen molar-refractivity contribution in [1.29, 1.82) is 0 Å². The van der Waals surface area contributed by atoms with Crippen molar-refractivity contribution in [3.8, 4) is 5.75 Å². The van der Waals surface area contributed by atoms with Crippen molar-refractivity contribution in [3.63, 3.8) is 0 Å². The van der Waals surface area contributed by atoms with Gasteiger partial charge in [-0.05, 0) is 38.5 Å². The molecule has 0 heterocycles. The van der Waals surface area contributed by atoms with Crippen molar-refractivity contribution in [2.24, 2.45) is 0 Å². The molecule has 1 aromatic rings. The number of carbonyl (C=O) groups is 2. The maximum atomic E-state index is 14.2. The highest BCUT2D eigenvalue weighted by atomic mass is 19.4. The first-order valence-electron chi connectivity index (χ1n) is 12.1. The van der Waals surface area contributed by atoms with E-state index in [1.807, 2.05) is 0 Å². The number of amides is 1. The molecule has 0 aliphatic heterocycles. The number of aromatic hydroxyl groups is 1. The Bertz CT molecular complexity index is 1240. The Morgan fingerprint density at radius 2 is 1.07 bits per heavy atom. The number of halogens is 17. The van der Waals surface area contributed by atoms with E-state index in [4.69, 9.17) is 4.74 Å². The molecule has 0 spiro atoms. The number of hydrogen-bond acceptors (Lipinski definition) is 4. The lowest BCUT2D eigenvalue weighted by Crippen LogP contribution is -2.74. The Balaban J connectivity index is 3.33. The van der Waals surface area contributed by atoms with Gasteiger partial charge in [-0.3, -0.25) is 4.79 Å². The molecule has 0 aliphatic rings. The Morgan fingerprint density at radius 1 is 0.674 bits per heavy atom. The number of alkyl halides is 17. The summed E-state index contributed by atoms with van der Waals surface area (Å²) in [6.07, 6.45) is -13.5. The molecule has 0 fully saturated rings. The highest BCUT2D eigenvalue weighted by molar-refractivity contribution is 5.85. The molecule has 0 saturated heterocycles. The summed E-state index contributed by atoms with van der Waals surface area (Å²) in [6, 6.07) is 2.61. The van der Waals surface area contributed by atoms with Gasteiger partial charge in [0.05, 0.1) is 0 Å². The lowest BCUT2D eigenvalue weighted by atomic mass is 9.88. The van der Waals surface area contributed by atoms with Gasteiger partial charge in [-0.15, -0.1) is 0 Å². The van der Waals surface area contributed by atoms with E-state index in [0.717, 1.165) is 12.1 Å². The minimum atomic E-state index is -8.76. The summed E-state index contributed by atoms with van der Waals surface area (Å²) >= 11 is 0. The second-order valence-electron chi connectivity index (χ2n) is 10.7. The summed E-state index contributed by atoms with van der Waals surface area (Å²) in [5.74, 6) is -61.0. The van der Waals surface area contributed by atoms with E-state index in [0.29, 0.717) is 0 Å². The molecule has 5 nitrogen and oxygen atoms in total. The fourth-order valence-electron chi connectivity index (χ4n) is 3.32. The molecule has 2 N–H and O–H groups in total. The Labute approximate surface area is 247 Å². The molecular formula is C24H22F17NO4. The van der Waals surface area contributed by atoms with E-state index in [9.17, 15) is 89.3 Å². The number of carbonyl (C=O) groups excluding carboxylic acids is 2. The summed E-state index contributed by atoms with van der Waals surface area (Å²) in [7, 11) is 0. The summed E-state index contributed by atoms with van der Waals surface area (Å²) in [4.78, 5) is 24.7. The van der Waals surface area contributed by atoms with Crippen molar-refractivity contribution in [2.45, 2.75) is 99.3 Å². The summed E-state index contributed by atoms with van der Waals surface area (Å²) < 4.78 is 233. The molecule has 1 atom stereocenters. The van der Waals surface area contributed by atoms with Crippen LogP contribution in [-0.4, -0.2) is 76.3 Å². The number of rotatable bonds is 13. The third-order valence-corrected chi connectivity index (χ3v) is 5.86. The summed E-state index contributed by atoms with van der Waals surface area (Å²) in [5.41, 5.74) is -1.15. The van der Waals surface area contributed by atoms with E-state index in [1.54, 1.807) is 5.32 Å². The van der Waals surface area contributed by atoms with Crippen LogP contribution in [0.4, 0.5) is 74.6 Å². The Morgan fingerprint density at radius 3 is 1.46 bits per heavy atom. The molecular weight excluding hydrogens is 689 g/mol. The quantitative estimate of drug-likeness (QED) is 0.164. The standard InChI is InChI=1S/C24H22F17NO4/c1-16(2,3)46-15(45)13(10-11-4-6-12(43)7-5-11)42-14(44)8-9-17(25,26)18(27,28)19(29,30)20(31,32)21(33,34)22(35,36)23(37,38)24(39,40)41/h4-7,13,43H,8-10H2,1-3H3,(H,42,44). The van der Waals surface area contributed by atoms with Crippen molar-refractivity contribution >= 4 is 11.9 Å². The molecule has 0 bridgehead atoms. The molecule has 1 aromatic carbocycles. The van der Waals surface area contributed by atoms with Gasteiger partial charge in [-0.2, -0.15) is 74.6 Å². The van der Waals surface area contributed by atoms with Crippen LogP contribution in [0.25, 0.3) is 0 Å². The Kier molecular flexibility index (Phi) is 11.0. The first-order chi connectivity index (χ1) is 20.1. The van der Waals surface area contributed by atoms with Gasteiger partial charge < -0.3 is 15.2 Å². The van der Waals surface area contributed by atoms with Gasteiger partial charge in [0.15, 0.2) is 0 Å². The Hall–Kier alpha value is -3.23. The van der Waals surface area contributed by atoms with Crippen LogP contribution in [0.15, 0.2) is 24.3 Å². The van der Waals surface area contributed by atoms with Crippen molar-refractivity contribution in [1.82, 2.24) is 5.32 Å². The van der Waals surface area contributed by atoms with Gasteiger partial charge in [0.2, 0.25) is 5.91 Å². The van der Waals surface area contributed by atoms with Crippen molar-refractivity contribution < 1.29 is 94.1 Å². The average Bonchev–Trinajstić information content (AvgIpc) is 2.86. The first kappa shape index (κ1) is 40.8. The molecule has 0 aliphatic carbocycles. The molecule has 266 valence electrons. The zero-order valence-corrected chi connectivity index (χ0v) is 23.1. The fraction of sp³-hybridized carbons (Fsp3) is 0.667. The van der Waals surface area contributed by atoms with Gasteiger partial charge in [-0.25, -0.2) is 4.79 Å². The summed E-state index contributed by atoms with van der Waals surface area (Å²) in [5, 5.41) is 11.0. The van der Waals surface area contributed by atoms with Gasteiger partial charge >= 0.3 is 53.6 Å². The predicted octanol–water partition coefficient (Wildman–Crippen LogP) is 7.55. The monoisotopic (exact) mass is 711 g/mol. The maximum Gasteiger partial charge on any atom is 0.460 e. The predicted molar refractivity (Wildman–Crippen MR) is 120 cm³/mol. The minimum absolute atomic E-state index is 0.126. The minimum Gasteiger partial charge on any atom is -0.508 e. The van der Waals surface area contributed by atoms with E-state index in [1.165, 1.54) is 32.9 Å². The van der Waals surface area contributed by atoms with Crippen molar-refractivity contribution in [2.75, 3.05) is 0 Å². The number of ether oxygens (including phenoxy) is 1. The maximum absolute atomic E-state index is 14.2. The molecule has 46 heavy (non-hydrogen) atoms. The lowest BCUT2D eigenvalue weighted by molar-refractivity contribution is -0.461. The van der Waals surface area contributed by atoms with Gasteiger partial charge in [0.1, 0.15) is 17.4 Å². The SMILES string of the molecule is CC(C)(C)OC(=O)C(Cc1ccc(O)cc1)NC(=O)CCC(F)(F)C(F)(F)C(F)(F)C(F)(F)C(F)(F)C(F)(F)C(F)(F)C(F)(F)F. The number of esters is 1. The highest BCUT2D eigenvalue weighted by Crippen LogP contribution is 2.64. The second kappa shape index (κ2) is 12.4. The number of benzene rings is 1. The normalized spacial score (nSPS) is 15.4. The van der Waals surface area contributed by atoms with Gasteiger partial charge in [0.25, 0.3) is 0 Å². The van der Waals surface area contributed by atoms with E-state index in [2.05, 4.69) is 0 Å². The van der Waals surface area contributed by atoms with Crippen LogP contribution in [0, 0.1) is 0 Å². The topological polar surface area (TPSA) is 75.6 Å². The molecule has 0 aromatic heterocycles. The van der Waals surface area contributed by atoms with E-state index < -0.39 is 90.4 Å². The smallest absolute Gasteiger partial charge is 0.460 e. The van der Waals surface area contributed by atoms with E-state index in [-0.39, 0.29) is 11.3 Å². The van der Waals surface area contributed by atoms with Crippen LogP contribution < -0.4 is 5.32 Å². The zero-order valence-electron chi connectivity index (χ0n) is 23.1. The summed E-state index contributed by atoms with van der Waals surface area (Å²) in [6.45, 7) is 3.94. The number of phenols is 1. The highest BCUT2D eigenvalue weighted by Gasteiger charge is 2.95. The molecule has 1 rings (SSSR count). The van der Waals surface area contributed by atoms with Crippen LogP contribution in [0.5, 0.6) is 5.75 Å². The lowest BCUT2D eigenvalue weighted by Gasteiger charge is -2.42. The molecule has 22 heteroatoms. The van der Waals surface area contributed by atoms with Crippen LogP contribution in [0.3, 0.4) is 0 Å². The van der Waals surface area contributed by atoms with Gasteiger partial charge in [-0.1, -0.05) is 12.1 Å². The van der Waals surface area contributed by atoms with Gasteiger partial charge in [0, 0.05) is 19.3 Å². The van der Waals surface area contributed by atoms with Crippen molar-refractivity contribution in [3.05, 3.63) is 29.8 Å². The first-order valence-corrected chi connectivity index (χ1v) is 12.1. The molecule has 0 saturated carbocycles. The van der Waals surface area contributed by atoms with Crippen LogP contribution in [0.1, 0.15) is 39.2 Å². The van der Waals surface area contributed by atoms with Crippen LogP contribution in [0.2, 0.25) is 0 Å². The third kappa shape index (κ3) is 7.49. The fourth-order valence-corrected chi connectivity index (χ4v) is 3.32. The second-order valence-corrected chi connectivity index (χ2v) is 10.7. The van der Waals surface area contributed by atoms with Crippen LogP contribution in [-0.2, 0) is 20.7 Å². The number of hydrogen-bond donors (Lipinski definition) is 2. The molecule has 1 amide bonds. The third-order valence-electron chi connectivity index (χ3n) is 5.86. The average molecular weight is 711 g/mol. The molecule has 0 radical (unpaired) electrons. The van der Waals surface area contributed by atoms with E-state index >= 15 is 0 Å². The zero-order chi connectivity index (χ0) is 36.8. The molecule has 1 unspecified atom stereocenters. The number of phenolic OH excluding ortho intramolecular Hbond substituents is 1.